The number of likely N-dealkylation sites (N-methyl/N-ethyl adjacent to an activating group) is 2. The van der Waals surface area contributed by atoms with Crippen molar-refractivity contribution in [2.24, 2.45) is 17.8 Å². The van der Waals surface area contributed by atoms with Crippen molar-refractivity contribution in [1.82, 2.24) is 20.4 Å². The van der Waals surface area contributed by atoms with E-state index in [2.05, 4.69) is 16.6 Å². The molecule has 2 saturated carbocycles. The summed E-state index contributed by atoms with van der Waals surface area (Å²) >= 11 is 0. The highest BCUT2D eigenvalue weighted by Gasteiger charge is 2.40. The first-order valence-corrected chi connectivity index (χ1v) is 16.1. The van der Waals surface area contributed by atoms with Crippen LogP contribution in [0.15, 0.2) is 30.3 Å². The quantitative estimate of drug-likeness (QED) is 0.149. The Morgan fingerprint density at radius 1 is 1.00 bits per heavy atom. The fraction of sp³-hybridized carbons (Fsp3) is 0.676. The summed E-state index contributed by atoms with van der Waals surface area (Å²) in [6.45, 7) is 0.0261. The molecule has 9 nitrogen and oxygen atoms in total. The Kier molecular flexibility index (Phi) is 14.6. The number of terminal acetylenes is 1. The van der Waals surface area contributed by atoms with Gasteiger partial charge in [0.05, 0.1) is 18.1 Å². The number of amides is 3. The molecule has 2 aliphatic rings. The predicted molar refractivity (Wildman–Crippen MR) is 168 cm³/mol. The van der Waals surface area contributed by atoms with E-state index in [4.69, 9.17) is 6.42 Å². The lowest BCUT2D eigenvalue weighted by Crippen LogP contribution is -2.56. The van der Waals surface area contributed by atoms with Crippen molar-refractivity contribution in [2.45, 2.75) is 94.9 Å². The second-order valence-corrected chi connectivity index (χ2v) is 12.7. The van der Waals surface area contributed by atoms with Gasteiger partial charge in [0.15, 0.2) is 0 Å². The van der Waals surface area contributed by atoms with Crippen LogP contribution in [0.4, 0.5) is 4.39 Å². The summed E-state index contributed by atoms with van der Waals surface area (Å²) in [5.41, 5.74) is 0.864. The number of carbonyl (C=O) groups is 3. The zero-order valence-corrected chi connectivity index (χ0v) is 26.3. The number of alkyl halides is 1. The van der Waals surface area contributed by atoms with Gasteiger partial charge in [-0.25, -0.2) is 4.39 Å². The summed E-state index contributed by atoms with van der Waals surface area (Å²) in [5.74, 6) is 0.793. The van der Waals surface area contributed by atoms with Crippen LogP contribution in [0.3, 0.4) is 0 Å². The molecule has 3 amide bonds. The molecular weight excluding hydrogens is 563 g/mol. The van der Waals surface area contributed by atoms with E-state index in [0.29, 0.717) is 25.4 Å². The Balaban J connectivity index is 1.72. The van der Waals surface area contributed by atoms with Gasteiger partial charge in [-0.3, -0.25) is 19.3 Å². The van der Waals surface area contributed by atoms with Gasteiger partial charge in [-0.15, -0.1) is 12.3 Å². The number of aliphatic hydroxyl groups is 2. The fourth-order valence-electron chi connectivity index (χ4n) is 5.95. The first-order chi connectivity index (χ1) is 21.1. The van der Waals surface area contributed by atoms with Gasteiger partial charge >= 0.3 is 0 Å². The molecule has 44 heavy (non-hydrogen) atoms. The second kappa shape index (κ2) is 18.1. The van der Waals surface area contributed by atoms with Crippen molar-refractivity contribution in [1.29, 1.82) is 0 Å². The van der Waals surface area contributed by atoms with Crippen molar-refractivity contribution >= 4 is 17.7 Å². The highest BCUT2D eigenvalue weighted by Crippen LogP contribution is 2.36. The third kappa shape index (κ3) is 11.5. The summed E-state index contributed by atoms with van der Waals surface area (Å²) in [4.78, 5) is 43.3. The smallest absolute Gasteiger partial charge is 0.243 e. The van der Waals surface area contributed by atoms with E-state index in [-0.39, 0.29) is 31.1 Å². The molecule has 0 radical (unpaired) electrons. The lowest BCUT2D eigenvalue weighted by molar-refractivity contribution is -0.137. The van der Waals surface area contributed by atoms with E-state index in [1.54, 1.807) is 14.1 Å². The van der Waals surface area contributed by atoms with Crippen molar-refractivity contribution in [3.05, 3.63) is 35.9 Å². The number of carbonyl (C=O) groups excluding carboxylic acids is 3. The highest BCUT2D eigenvalue weighted by molar-refractivity contribution is 5.91. The van der Waals surface area contributed by atoms with Gasteiger partial charge < -0.3 is 25.7 Å². The van der Waals surface area contributed by atoms with Crippen LogP contribution in [0.2, 0.25) is 0 Å². The minimum atomic E-state index is -1.12. The maximum absolute atomic E-state index is 13.7. The minimum Gasteiger partial charge on any atom is -0.390 e. The van der Waals surface area contributed by atoms with Gasteiger partial charge in [0.1, 0.15) is 18.9 Å². The van der Waals surface area contributed by atoms with Crippen LogP contribution >= 0.6 is 0 Å². The number of rotatable bonds is 18. The van der Waals surface area contributed by atoms with E-state index >= 15 is 0 Å². The monoisotopic (exact) mass is 614 g/mol. The SMILES string of the molecule is C#CC[C@H](NC(=O)C(CC(=O)N(C)CCN(C)CF)Cc1ccccc1)C(=O)NC(CC1CCCCC1)C(O)C(O)C1CC1. The molecular formula is C34H51FN4O5. The maximum Gasteiger partial charge on any atom is 0.243 e. The molecule has 4 N–H and O–H groups in total. The summed E-state index contributed by atoms with van der Waals surface area (Å²) in [6, 6.07) is 7.58. The van der Waals surface area contributed by atoms with Gasteiger partial charge in [0.2, 0.25) is 17.7 Å². The van der Waals surface area contributed by atoms with Crippen molar-refractivity contribution in [3.63, 3.8) is 0 Å². The maximum atomic E-state index is 13.7. The van der Waals surface area contributed by atoms with Crippen molar-refractivity contribution in [3.8, 4) is 12.3 Å². The van der Waals surface area contributed by atoms with Crippen LogP contribution in [0, 0.1) is 30.1 Å². The summed E-state index contributed by atoms with van der Waals surface area (Å²) < 4.78 is 12.9. The molecule has 2 fully saturated rings. The minimum absolute atomic E-state index is 0.0313. The number of hydrogen-bond donors (Lipinski definition) is 4. The molecule has 3 rings (SSSR count). The fourth-order valence-corrected chi connectivity index (χ4v) is 5.95. The molecule has 0 aromatic heterocycles. The van der Waals surface area contributed by atoms with Crippen LogP contribution < -0.4 is 10.6 Å². The van der Waals surface area contributed by atoms with Gasteiger partial charge in [-0.05, 0) is 50.1 Å². The average molecular weight is 615 g/mol. The van der Waals surface area contributed by atoms with Gasteiger partial charge in [-0.1, -0.05) is 62.4 Å². The van der Waals surface area contributed by atoms with Crippen molar-refractivity contribution in [2.75, 3.05) is 34.0 Å². The summed E-state index contributed by atoms with van der Waals surface area (Å²) in [5, 5.41) is 27.5. The van der Waals surface area contributed by atoms with Crippen LogP contribution in [-0.4, -0.2) is 96.0 Å². The van der Waals surface area contributed by atoms with E-state index in [0.717, 1.165) is 44.1 Å². The third-order valence-electron chi connectivity index (χ3n) is 9.03. The molecule has 244 valence electrons. The number of nitrogens with one attached hydrogen (secondary N) is 2. The van der Waals surface area contributed by atoms with E-state index in [1.165, 1.54) is 16.2 Å². The molecule has 0 spiro atoms. The Morgan fingerprint density at radius 2 is 1.68 bits per heavy atom. The first kappa shape index (κ1) is 35.5. The first-order valence-electron chi connectivity index (χ1n) is 16.1. The Labute approximate surface area is 261 Å². The molecule has 0 saturated heterocycles. The van der Waals surface area contributed by atoms with Crippen LogP contribution in [0.5, 0.6) is 0 Å². The normalized spacial score (nSPS) is 18.8. The zero-order valence-electron chi connectivity index (χ0n) is 26.3. The zero-order chi connectivity index (χ0) is 32.1. The van der Waals surface area contributed by atoms with Crippen molar-refractivity contribution < 1.29 is 29.0 Å². The standard InChI is InChI=1S/C34H51FN4O5/c1-4-11-28(34(44)37-29(21-25-14-9-6-10-15-25)32(42)31(41)26-16-17-26)36-33(43)27(20-24-12-7-5-8-13-24)22-30(40)39(3)19-18-38(2)23-35/h1,5,7-8,12-13,25-29,31-32,41-42H,6,9-11,14-23H2,2-3H3,(H,36,43)(H,37,44)/t27?,28-,29?,31?,32?/m0/s1. The second-order valence-electron chi connectivity index (χ2n) is 12.7. The van der Waals surface area contributed by atoms with Crippen LogP contribution in [0.25, 0.3) is 0 Å². The Hall–Kier alpha value is -3.00. The molecule has 0 bridgehead atoms. The molecule has 5 atom stereocenters. The molecule has 0 heterocycles. The molecule has 1 aromatic carbocycles. The Bertz CT molecular complexity index is 1090. The third-order valence-corrected chi connectivity index (χ3v) is 9.03. The number of benzene rings is 1. The topological polar surface area (TPSA) is 122 Å². The van der Waals surface area contributed by atoms with Crippen LogP contribution in [0.1, 0.15) is 69.8 Å². The number of hydrogen-bond acceptors (Lipinski definition) is 6. The Morgan fingerprint density at radius 3 is 2.30 bits per heavy atom. The summed E-state index contributed by atoms with van der Waals surface area (Å²) in [6.07, 6.45) is 11.3. The lowest BCUT2D eigenvalue weighted by atomic mass is 9.82. The number of halogens is 1. The van der Waals surface area contributed by atoms with E-state index in [1.807, 2.05) is 30.3 Å². The summed E-state index contributed by atoms with van der Waals surface area (Å²) in [7, 11) is 3.24. The van der Waals surface area contributed by atoms with Crippen LogP contribution in [-0.2, 0) is 20.8 Å². The largest absolute Gasteiger partial charge is 0.390 e. The van der Waals surface area contributed by atoms with E-state index < -0.39 is 48.8 Å². The van der Waals surface area contributed by atoms with Gasteiger partial charge in [0, 0.05) is 33.0 Å². The average Bonchev–Trinajstić information content (AvgIpc) is 3.88. The molecule has 4 unspecified atom stereocenters. The molecule has 10 heteroatoms. The molecule has 1 aromatic rings. The number of aliphatic hydroxyl groups excluding tert-OH is 2. The van der Waals surface area contributed by atoms with Gasteiger partial charge in [-0.2, -0.15) is 0 Å². The highest BCUT2D eigenvalue weighted by atomic mass is 19.1. The number of nitrogens with zero attached hydrogens (tertiary/aromatic N) is 2. The molecule has 0 aliphatic heterocycles. The molecule has 2 aliphatic carbocycles. The lowest BCUT2D eigenvalue weighted by Gasteiger charge is -2.33. The van der Waals surface area contributed by atoms with E-state index in [9.17, 15) is 29.0 Å². The predicted octanol–water partition coefficient (Wildman–Crippen LogP) is 2.65. The van der Waals surface area contributed by atoms with Gasteiger partial charge in [0.25, 0.3) is 0 Å².